The van der Waals surface area contributed by atoms with Crippen LogP contribution >= 0.6 is 0 Å². The minimum absolute atomic E-state index is 0.233. The Morgan fingerprint density at radius 3 is 1.22 bits per heavy atom. The predicted octanol–water partition coefficient (Wildman–Crippen LogP) is 9.01. The van der Waals surface area contributed by atoms with Crippen LogP contribution in [-0.2, 0) is 9.59 Å². The molecule has 0 spiro atoms. The van der Waals surface area contributed by atoms with Crippen LogP contribution in [0.2, 0.25) is 0 Å². The van der Waals surface area contributed by atoms with Crippen molar-refractivity contribution in [1.29, 1.82) is 0 Å². The Morgan fingerprint density at radius 2 is 0.906 bits per heavy atom. The summed E-state index contributed by atoms with van der Waals surface area (Å²) in [7, 11) is 0. The first-order chi connectivity index (χ1) is 15.2. The van der Waals surface area contributed by atoms with Crippen LogP contribution in [0.4, 0.5) is 0 Å². The molecule has 0 aromatic carbocycles. The van der Waals surface area contributed by atoms with Gasteiger partial charge in [-0.05, 0) is 24.7 Å². The summed E-state index contributed by atoms with van der Waals surface area (Å²) in [6.07, 6.45) is 21.6. The highest BCUT2D eigenvalue weighted by Gasteiger charge is 2.47. The Morgan fingerprint density at radius 1 is 0.562 bits per heavy atom. The number of unbranched alkanes of at least 4 members (excludes halogenated alkanes) is 15. The van der Waals surface area contributed by atoms with Gasteiger partial charge in [0, 0.05) is 6.42 Å². The lowest BCUT2D eigenvalue weighted by molar-refractivity contribution is -0.158. The summed E-state index contributed by atoms with van der Waals surface area (Å²) >= 11 is 0. The average Bonchev–Trinajstić information content (AvgIpc) is 2.70. The molecule has 0 aromatic rings. The predicted molar refractivity (Wildman–Crippen MR) is 135 cm³/mol. The molecule has 4 nitrogen and oxygen atoms in total. The van der Waals surface area contributed by atoms with Crippen LogP contribution in [0.1, 0.15) is 156 Å². The zero-order valence-electron chi connectivity index (χ0n) is 21.9. The third-order valence-corrected chi connectivity index (χ3v) is 7.30. The highest BCUT2D eigenvalue weighted by atomic mass is 16.4. The first-order valence-corrected chi connectivity index (χ1v) is 13.6. The SMILES string of the molecule is CCCCCCCCCCCC(CCCCCCCCCCC(=O)O)(C(=O)O)C(C)(C)C. The van der Waals surface area contributed by atoms with Crippen molar-refractivity contribution in [1.82, 2.24) is 0 Å². The van der Waals surface area contributed by atoms with Gasteiger partial charge in [0.15, 0.2) is 0 Å². The number of carboxylic acids is 2. The fourth-order valence-corrected chi connectivity index (χ4v) is 4.91. The van der Waals surface area contributed by atoms with Crippen molar-refractivity contribution in [2.24, 2.45) is 10.8 Å². The first kappa shape index (κ1) is 30.9. The van der Waals surface area contributed by atoms with Gasteiger partial charge in [0.05, 0.1) is 5.41 Å². The number of hydrogen-bond acceptors (Lipinski definition) is 2. The molecule has 0 saturated carbocycles. The zero-order valence-corrected chi connectivity index (χ0v) is 21.9. The highest BCUT2D eigenvalue weighted by Crippen LogP contribution is 2.47. The van der Waals surface area contributed by atoms with E-state index in [1.54, 1.807) is 0 Å². The van der Waals surface area contributed by atoms with Crippen LogP contribution in [0.25, 0.3) is 0 Å². The van der Waals surface area contributed by atoms with E-state index < -0.39 is 17.4 Å². The molecular formula is C28H54O4. The molecule has 4 heteroatoms. The maximum absolute atomic E-state index is 12.4. The van der Waals surface area contributed by atoms with Gasteiger partial charge in [-0.3, -0.25) is 9.59 Å². The molecule has 0 aliphatic heterocycles. The van der Waals surface area contributed by atoms with Crippen molar-refractivity contribution in [3.63, 3.8) is 0 Å². The number of hydrogen-bond donors (Lipinski definition) is 2. The second kappa shape index (κ2) is 18.4. The zero-order chi connectivity index (χ0) is 24.3. The van der Waals surface area contributed by atoms with E-state index in [9.17, 15) is 14.7 Å². The monoisotopic (exact) mass is 454 g/mol. The number of aliphatic carboxylic acids is 2. The summed E-state index contributed by atoms with van der Waals surface area (Å²) in [5, 5.41) is 18.9. The van der Waals surface area contributed by atoms with Gasteiger partial charge in [-0.1, -0.05) is 130 Å². The molecule has 0 fully saturated rings. The summed E-state index contributed by atoms with van der Waals surface area (Å²) in [5.41, 5.74) is -0.853. The van der Waals surface area contributed by atoms with E-state index in [0.29, 0.717) is 0 Å². The maximum atomic E-state index is 12.4. The molecule has 2 N–H and O–H groups in total. The molecule has 0 bridgehead atoms. The quantitative estimate of drug-likeness (QED) is 0.160. The molecule has 0 rings (SSSR count). The van der Waals surface area contributed by atoms with E-state index >= 15 is 0 Å². The molecule has 0 aliphatic carbocycles. The second-order valence-corrected chi connectivity index (χ2v) is 10.9. The number of carbonyl (C=O) groups is 2. The van der Waals surface area contributed by atoms with Crippen molar-refractivity contribution in [2.75, 3.05) is 0 Å². The first-order valence-electron chi connectivity index (χ1n) is 13.6. The average molecular weight is 455 g/mol. The lowest BCUT2D eigenvalue weighted by atomic mass is 9.61. The normalized spacial score (nSPS) is 13.8. The largest absolute Gasteiger partial charge is 0.481 e. The minimum atomic E-state index is -0.701. The molecule has 1 atom stereocenters. The Kier molecular flexibility index (Phi) is 17.8. The Bertz CT molecular complexity index is 480. The topological polar surface area (TPSA) is 74.6 Å². The van der Waals surface area contributed by atoms with Crippen molar-refractivity contribution in [2.45, 2.75) is 156 Å². The molecule has 1 unspecified atom stereocenters. The van der Waals surface area contributed by atoms with Crippen LogP contribution in [0, 0.1) is 10.8 Å². The van der Waals surface area contributed by atoms with E-state index in [1.807, 2.05) is 0 Å². The smallest absolute Gasteiger partial charge is 0.310 e. The molecule has 190 valence electrons. The van der Waals surface area contributed by atoms with Gasteiger partial charge < -0.3 is 10.2 Å². The van der Waals surface area contributed by atoms with Crippen LogP contribution in [-0.4, -0.2) is 22.2 Å². The lowest BCUT2D eigenvalue weighted by Crippen LogP contribution is -2.43. The molecule has 0 aromatic heterocycles. The van der Waals surface area contributed by atoms with E-state index in [-0.39, 0.29) is 11.8 Å². The maximum Gasteiger partial charge on any atom is 0.310 e. The molecule has 0 radical (unpaired) electrons. The fraction of sp³-hybridized carbons (Fsp3) is 0.929. The van der Waals surface area contributed by atoms with Gasteiger partial charge in [-0.15, -0.1) is 0 Å². The number of carboxylic acid groups (broad SMARTS) is 2. The van der Waals surface area contributed by atoms with Gasteiger partial charge >= 0.3 is 11.9 Å². The Balaban J connectivity index is 4.21. The molecule has 32 heavy (non-hydrogen) atoms. The third-order valence-electron chi connectivity index (χ3n) is 7.30. The molecule has 0 aliphatic rings. The second-order valence-electron chi connectivity index (χ2n) is 10.9. The molecule has 0 heterocycles. The van der Waals surface area contributed by atoms with Crippen molar-refractivity contribution in [3.05, 3.63) is 0 Å². The minimum Gasteiger partial charge on any atom is -0.481 e. The van der Waals surface area contributed by atoms with Crippen molar-refractivity contribution < 1.29 is 19.8 Å². The number of rotatable bonds is 22. The van der Waals surface area contributed by atoms with E-state index in [1.165, 1.54) is 51.4 Å². The van der Waals surface area contributed by atoms with Gasteiger partial charge in [0.1, 0.15) is 0 Å². The summed E-state index contributed by atoms with van der Waals surface area (Å²) in [6.45, 7) is 8.56. The summed E-state index contributed by atoms with van der Waals surface area (Å²) < 4.78 is 0. The fourth-order valence-electron chi connectivity index (χ4n) is 4.91. The third kappa shape index (κ3) is 14.2. The molecule has 0 amide bonds. The van der Waals surface area contributed by atoms with Gasteiger partial charge in [0.25, 0.3) is 0 Å². The molecular weight excluding hydrogens is 400 g/mol. The van der Waals surface area contributed by atoms with E-state index in [0.717, 1.165) is 70.6 Å². The van der Waals surface area contributed by atoms with E-state index in [2.05, 4.69) is 27.7 Å². The Hall–Kier alpha value is -1.06. The van der Waals surface area contributed by atoms with Gasteiger partial charge in [-0.25, -0.2) is 0 Å². The van der Waals surface area contributed by atoms with Gasteiger partial charge in [-0.2, -0.15) is 0 Å². The highest BCUT2D eigenvalue weighted by molar-refractivity contribution is 5.75. The van der Waals surface area contributed by atoms with Crippen LogP contribution in [0.15, 0.2) is 0 Å². The van der Waals surface area contributed by atoms with Crippen LogP contribution in [0.5, 0.6) is 0 Å². The summed E-state index contributed by atoms with van der Waals surface area (Å²) in [5.74, 6) is -1.31. The van der Waals surface area contributed by atoms with Crippen molar-refractivity contribution in [3.8, 4) is 0 Å². The van der Waals surface area contributed by atoms with E-state index in [4.69, 9.17) is 5.11 Å². The van der Waals surface area contributed by atoms with Crippen LogP contribution in [0.3, 0.4) is 0 Å². The Labute approximate surface area is 199 Å². The lowest BCUT2D eigenvalue weighted by Gasteiger charge is -2.42. The standard InChI is InChI=1S/C28H54O4/c1-5-6-7-8-9-11-14-17-20-23-28(26(31)32,27(2,3)4)24-21-18-15-12-10-13-16-19-22-25(29)30/h5-24H2,1-4H3,(H,29,30)(H,31,32). The van der Waals surface area contributed by atoms with Crippen LogP contribution < -0.4 is 0 Å². The van der Waals surface area contributed by atoms with Gasteiger partial charge in [0.2, 0.25) is 0 Å². The van der Waals surface area contributed by atoms with Crippen molar-refractivity contribution >= 4 is 11.9 Å². The summed E-state index contributed by atoms with van der Waals surface area (Å²) in [4.78, 5) is 22.9. The molecule has 0 saturated heterocycles. The summed E-state index contributed by atoms with van der Waals surface area (Å²) in [6, 6.07) is 0.